The van der Waals surface area contributed by atoms with Crippen LogP contribution in [0, 0.1) is 0 Å². The number of aliphatic carboxylic acids is 1. The van der Waals surface area contributed by atoms with Crippen LogP contribution in [0.3, 0.4) is 0 Å². The van der Waals surface area contributed by atoms with Crippen molar-refractivity contribution >= 4 is 29.0 Å². The van der Waals surface area contributed by atoms with E-state index < -0.39 is 5.97 Å². The lowest BCUT2D eigenvalue weighted by molar-refractivity contribution is -0.304. The SMILES string of the molecule is COCCNC(=S)N/N=C(/C)c1ccc(OC)c(CC(=O)[O-])c1. The van der Waals surface area contributed by atoms with Gasteiger partial charge in [-0.05, 0) is 42.9 Å². The molecule has 0 fully saturated rings. The molecule has 7 nitrogen and oxygen atoms in total. The van der Waals surface area contributed by atoms with E-state index in [1.165, 1.54) is 7.11 Å². The first-order valence-electron chi connectivity index (χ1n) is 6.92. The molecule has 0 amide bonds. The van der Waals surface area contributed by atoms with Gasteiger partial charge in [0.2, 0.25) is 0 Å². The highest BCUT2D eigenvalue weighted by atomic mass is 32.1. The molecule has 0 unspecified atom stereocenters. The summed E-state index contributed by atoms with van der Waals surface area (Å²) >= 11 is 5.07. The van der Waals surface area contributed by atoms with Gasteiger partial charge in [-0.2, -0.15) is 5.10 Å². The van der Waals surface area contributed by atoms with E-state index in [4.69, 9.17) is 21.7 Å². The van der Waals surface area contributed by atoms with Gasteiger partial charge in [-0.15, -0.1) is 0 Å². The number of methoxy groups -OCH3 is 2. The molecule has 0 heterocycles. The Hall–Kier alpha value is -2.19. The van der Waals surface area contributed by atoms with E-state index in [9.17, 15) is 9.90 Å². The monoisotopic (exact) mass is 338 g/mol. The minimum Gasteiger partial charge on any atom is -0.550 e. The topological polar surface area (TPSA) is 95.0 Å². The maximum Gasteiger partial charge on any atom is 0.187 e. The number of thiocarbonyl (C=S) groups is 1. The molecule has 8 heteroatoms. The van der Waals surface area contributed by atoms with E-state index in [0.29, 0.717) is 35.3 Å². The molecular weight excluding hydrogens is 318 g/mol. The normalized spacial score (nSPS) is 11.0. The number of carboxylic acid groups (broad SMARTS) is 1. The zero-order valence-corrected chi connectivity index (χ0v) is 14.2. The van der Waals surface area contributed by atoms with Crippen molar-refractivity contribution in [2.45, 2.75) is 13.3 Å². The summed E-state index contributed by atoms with van der Waals surface area (Å²) < 4.78 is 10.0. The molecule has 0 aliphatic heterocycles. The van der Waals surface area contributed by atoms with Gasteiger partial charge in [-0.3, -0.25) is 5.43 Å². The lowest BCUT2D eigenvalue weighted by atomic mass is 10.0. The smallest absolute Gasteiger partial charge is 0.187 e. The van der Waals surface area contributed by atoms with E-state index in [0.717, 1.165) is 5.56 Å². The Morgan fingerprint density at radius 3 is 2.74 bits per heavy atom. The van der Waals surface area contributed by atoms with Crippen molar-refractivity contribution in [1.82, 2.24) is 10.7 Å². The van der Waals surface area contributed by atoms with E-state index in [1.807, 2.05) is 0 Å². The van der Waals surface area contributed by atoms with Crippen LogP contribution in [0.25, 0.3) is 0 Å². The van der Waals surface area contributed by atoms with E-state index >= 15 is 0 Å². The highest BCUT2D eigenvalue weighted by molar-refractivity contribution is 7.80. The third-order valence-corrected chi connectivity index (χ3v) is 3.19. The van der Waals surface area contributed by atoms with Crippen molar-refractivity contribution < 1.29 is 19.4 Å². The molecule has 0 radical (unpaired) electrons. The number of nitrogens with one attached hydrogen (secondary N) is 2. The van der Waals surface area contributed by atoms with Gasteiger partial charge in [-0.1, -0.05) is 0 Å². The summed E-state index contributed by atoms with van der Waals surface area (Å²) in [5.74, 6) is -0.674. The second-order valence-electron chi connectivity index (χ2n) is 4.63. The summed E-state index contributed by atoms with van der Waals surface area (Å²) in [7, 11) is 3.09. The molecule has 2 N–H and O–H groups in total. The molecule has 0 saturated carbocycles. The van der Waals surface area contributed by atoms with Crippen molar-refractivity contribution in [2.24, 2.45) is 5.10 Å². The van der Waals surface area contributed by atoms with Crippen molar-refractivity contribution in [1.29, 1.82) is 0 Å². The van der Waals surface area contributed by atoms with Gasteiger partial charge in [0.1, 0.15) is 5.75 Å². The zero-order chi connectivity index (χ0) is 17.2. The Labute approximate surface area is 140 Å². The summed E-state index contributed by atoms with van der Waals surface area (Å²) in [6.07, 6.45) is -0.227. The van der Waals surface area contributed by atoms with Gasteiger partial charge >= 0.3 is 0 Å². The Kier molecular flexibility index (Phi) is 8.00. The number of carbonyl (C=O) groups is 1. The highest BCUT2D eigenvalue weighted by Crippen LogP contribution is 2.20. The molecule has 126 valence electrons. The molecule has 1 rings (SSSR count). The molecule has 0 aromatic heterocycles. The van der Waals surface area contributed by atoms with Crippen molar-refractivity contribution in [3.8, 4) is 5.75 Å². The number of nitrogens with zero attached hydrogens (tertiary/aromatic N) is 1. The first-order valence-corrected chi connectivity index (χ1v) is 7.33. The molecule has 0 saturated heterocycles. The van der Waals surface area contributed by atoms with E-state index in [1.54, 1.807) is 32.2 Å². The maximum atomic E-state index is 10.8. The number of hydrogen-bond donors (Lipinski definition) is 2. The number of hydrogen-bond acceptors (Lipinski definition) is 6. The number of rotatable bonds is 8. The second-order valence-corrected chi connectivity index (χ2v) is 5.04. The fourth-order valence-corrected chi connectivity index (χ4v) is 1.95. The van der Waals surface area contributed by atoms with Gasteiger partial charge < -0.3 is 24.7 Å². The standard InChI is InChI=1S/C15H21N3O4S/c1-10(17-18-15(23)16-6-7-21-2)11-4-5-13(22-3)12(8-11)9-14(19)20/h4-5,8H,6-7,9H2,1-3H3,(H,19,20)(H2,16,18,23)/p-1/b17-10-. The number of carbonyl (C=O) groups excluding carboxylic acids is 1. The second kappa shape index (κ2) is 9.75. The third-order valence-electron chi connectivity index (χ3n) is 2.95. The van der Waals surface area contributed by atoms with Crippen molar-refractivity contribution in [3.63, 3.8) is 0 Å². The molecular formula is C15H20N3O4S-. The minimum absolute atomic E-state index is 0.227. The van der Waals surface area contributed by atoms with Gasteiger partial charge in [0.05, 0.1) is 19.4 Å². The van der Waals surface area contributed by atoms with Crippen LogP contribution in [-0.4, -0.2) is 44.2 Å². The predicted molar refractivity (Wildman–Crippen MR) is 89.5 cm³/mol. The van der Waals surface area contributed by atoms with Gasteiger partial charge in [0.25, 0.3) is 0 Å². The predicted octanol–water partition coefficient (Wildman–Crippen LogP) is -0.178. The van der Waals surface area contributed by atoms with E-state index in [-0.39, 0.29) is 6.42 Å². The van der Waals surface area contributed by atoms with Gasteiger partial charge in [0.15, 0.2) is 5.11 Å². The van der Waals surface area contributed by atoms with Gasteiger partial charge in [0, 0.05) is 31.6 Å². The molecule has 0 spiro atoms. The van der Waals surface area contributed by atoms with Crippen LogP contribution >= 0.6 is 12.2 Å². The Bertz CT molecular complexity index is 590. The van der Waals surface area contributed by atoms with Crippen LogP contribution in [0.1, 0.15) is 18.1 Å². The van der Waals surface area contributed by atoms with Crippen LogP contribution in [0.2, 0.25) is 0 Å². The van der Waals surface area contributed by atoms with E-state index in [2.05, 4.69) is 15.8 Å². The summed E-state index contributed by atoms with van der Waals surface area (Å²) in [4.78, 5) is 10.8. The summed E-state index contributed by atoms with van der Waals surface area (Å²) in [6, 6.07) is 5.19. The zero-order valence-electron chi connectivity index (χ0n) is 13.3. The minimum atomic E-state index is -1.17. The summed E-state index contributed by atoms with van der Waals surface area (Å²) in [6.45, 7) is 2.90. The van der Waals surface area contributed by atoms with Crippen LogP contribution in [0.15, 0.2) is 23.3 Å². The summed E-state index contributed by atoms with van der Waals surface area (Å²) in [5.41, 5.74) is 4.66. The van der Waals surface area contributed by atoms with Crippen LogP contribution in [0.4, 0.5) is 0 Å². The summed E-state index contributed by atoms with van der Waals surface area (Å²) in [5, 5.41) is 18.3. The van der Waals surface area contributed by atoms with Crippen LogP contribution in [-0.2, 0) is 16.0 Å². The Morgan fingerprint density at radius 2 is 2.13 bits per heavy atom. The first kappa shape index (κ1) is 18.9. The first-order chi connectivity index (χ1) is 11.0. The number of carboxylic acids is 1. The van der Waals surface area contributed by atoms with Crippen molar-refractivity contribution in [3.05, 3.63) is 29.3 Å². The molecule has 0 aliphatic carbocycles. The number of benzene rings is 1. The van der Waals surface area contributed by atoms with Gasteiger partial charge in [-0.25, -0.2) is 0 Å². The molecule has 0 bridgehead atoms. The van der Waals surface area contributed by atoms with Crippen molar-refractivity contribution in [2.75, 3.05) is 27.4 Å². The molecule has 23 heavy (non-hydrogen) atoms. The fraction of sp³-hybridized carbons (Fsp3) is 0.400. The largest absolute Gasteiger partial charge is 0.550 e. The molecule has 1 aromatic carbocycles. The average molecular weight is 338 g/mol. The molecule has 0 aliphatic rings. The molecule has 0 atom stereocenters. The van der Waals surface area contributed by atoms with Crippen LogP contribution in [0.5, 0.6) is 5.75 Å². The quantitative estimate of drug-likeness (QED) is 0.294. The highest BCUT2D eigenvalue weighted by Gasteiger charge is 2.07. The molecule has 1 aromatic rings. The fourth-order valence-electron chi connectivity index (χ4n) is 1.80. The maximum absolute atomic E-state index is 10.8. The number of ether oxygens (including phenoxy) is 2. The Balaban J connectivity index is 2.78. The van der Waals surface area contributed by atoms with Crippen LogP contribution < -0.4 is 20.6 Å². The Morgan fingerprint density at radius 1 is 1.39 bits per heavy atom. The third kappa shape index (κ3) is 6.62. The average Bonchev–Trinajstić information content (AvgIpc) is 2.52. The lowest BCUT2D eigenvalue weighted by Crippen LogP contribution is -2.34. The lowest BCUT2D eigenvalue weighted by Gasteiger charge is -2.12. The number of hydrazone groups is 1.